The zero-order valence-electron chi connectivity index (χ0n) is 14.7. The highest BCUT2D eigenvalue weighted by Gasteiger charge is 2.41. The summed E-state index contributed by atoms with van der Waals surface area (Å²) in [6.07, 6.45) is 3.56. The molecule has 3 rings (SSSR count). The van der Waals surface area contributed by atoms with Crippen molar-refractivity contribution in [3.63, 3.8) is 0 Å². The first-order valence-electron chi connectivity index (χ1n) is 8.29. The van der Waals surface area contributed by atoms with Gasteiger partial charge in [-0.1, -0.05) is 0 Å². The molecule has 6 nitrogen and oxygen atoms in total. The number of nitrogens with zero attached hydrogens (tertiary/aromatic N) is 2. The molecule has 1 aromatic carbocycles. The van der Waals surface area contributed by atoms with Gasteiger partial charge in [0.15, 0.2) is 0 Å². The van der Waals surface area contributed by atoms with Crippen LogP contribution in [0.25, 0.3) is 11.8 Å². The Morgan fingerprint density at radius 1 is 1.26 bits per heavy atom. The molecule has 0 radical (unpaired) electrons. The van der Waals surface area contributed by atoms with E-state index >= 15 is 0 Å². The van der Waals surface area contributed by atoms with E-state index in [4.69, 9.17) is 4.74 Å². The van der Waals surface area contributed by atoms with Crippen LogP contribution in [0.1, 0.15) is 19.5 Å². The molecule has 0 unspecified atom stereocenters. The summed E-state index contributed by atoms with van der Waals surface area (Å²) in [4.78, 5) is 38.1. The number of hydrogen-bond donors (Lipinski definition) is 0. The van der Waals surface area contributed by atoms with Crippen LogP contribution in [0.3, 0.4) is 0 Å². The van der Waals surface area contributed by atoms with Gasteiger partial charge in [-0.2, -0.15) is 0 Å². The topological polar surface area (TPSA) is 68.6 Å². The van der Waals surface area contributed by atoms with E-state index in [0.717, 1.165) is 31.6 Å². The lowest BCUT2D eigenvalue weighted by Gasteiger charge is -2.19. The first-order valence-corrected chi connectivity index (χ1v) is 10.2. The van der Waals surface area contributed by atoms with Crippen molar-refractivity contribution >= 4 is 57.5 Å². The number of amides is 2. The second-order valence-corrected chi connectivity index (χ2v) is 8.00. The molecule has 0 spiro atoms. The van der Waals surface area contributed by atoms with Crippen LogP contribution in [0, 0.1) is 3.57 Å². The van der Waals surface area contributed by atoms with E-state index in [1.54, 1.807) is 13.0 Å². The number of carbonyl (C=O) groups excluding carboxylic acids is 3. The summed E-state index contributed by atoms with van der Waals surface area (Å²) in [7, 11) is 0. The Morgan fingerprint density at radius 2 is 1.96 bits per heavy atom. The number of thioether (sulfide) groups is 1. The molecular formula is C19H17IN2O4S. The van der Waals surface area contributed by atoms with E-state index in [1.807, 2.05) is 47.2 Å². The lowest BCUT2D eigenvalue weighted by molar-refractivity contribution is -0.150. The molecule has 2 amide bonds. The highest BCUT2D eigenvalue weighted by Crippen LogP contribution is 2.34. The molecule has 0 bridgehead atoms. The summed E-state index contributed by atoms with van der Waals surface area (Å²) in [6, 6.07) is 10.7. The molecule has 2 aromatic rings. The van der Waals surface area contributed by atoms with Crippen LogP contribution in [-0.2, 0) is 14.3 Å². The molecular weight excluding hydrogens is 479 g/mol. The van der Waals surface area contributed by atoms with Crippen LogP contribution in [0.2, 0.25) is 0 Å². The molecule has 2 heterocycles. The molecule has 1 saturated heterocycles. The Bertz CT molecular complexity index is 920. The maximum absolute atomic E-state index is 12.7. The van der Waals surface area contributed by atoms with Gasteiger partial charge >= 0.3 is 5.97 Å². The van der Waals surface area contributed by atoms with Crippen LogP contribution in [0.15, 0.2) is 47.5 Å². The number of hydrogen-bond acceptors (Lipinski definition) is 5. The van der Waals surface area contributed by atoms with Gasteiger partial charge in [0, 0.05) is 21.1 Å². The number of rotatable bonds is 5. The van der Waals surface area contributed by atoms with Crippen molar-refractivity contribution in [1.82, 2.24) is 9.47 Å². The lowest BCUT2D eigenvalue weighted by Crippen LogP contribution is -2.42. The third-order valence-electron chi connectivity index (χ3n) is 4.00. The van der Waals surface area contributed by atoms with Gasteiger partial charge in [0.1, 0.15) is 6.04 Å². The second-order valence-electron chi connectivity index (χ2n) is 5.76. The van der Waals surface area contributed by atoms with Gasteiger partial charge in [-0.05, 0) is 90.7 Å². The molecule has 0 N–H and O–H groups in total. The van der Waals surface area contributed by atoms with Crippen molar-refractivity contribution in [2.45, 2.75) is 19.9 Å². The van der Waals surface area contributed by atoms with E-state index in [-0.39, 0.29) is 11.5 Å². The standard InChI is InChI=1S/C19H17IN2O4S/c1-3-26-18(24)12(2)22-17(23)16(27-19(22)25)11-15-5-4-10-21(15)14-8-6-13(20)7-9-14/h4-12H,3H2,1-2H3/b16-11+/t12-/m0/s1. The average Bonchev–Trinajstić information content (AvgIpc) is 3.20. The summed E-state index contributed by atoms with van der Waals surface area (Å²) < 4.78 is 7.98. The van der Waals surface area contributed by atoms with Crippen LogP contribution in [-0.4, -0.2) is 39.2 Å². The van der Waals surface area contributed by atoms with E-state index in [2.05, 4.69) is 22.6 Å². The van der Waals surface area contributed by atoms with Crippen molar-refractivity contribution in [2.24, 2.45) is 0 Å². The first-order chi connectivity index (χ1) is 12.9. The average molecular weight is 496 g/mol. The van der Waals surface area contributed by atoms with Gasteiger partial charge in [-0.15, -0.1) is 0 Å². The third kappa shape index (κ3) is 4.11. The predicted octanol–water partition coefficient (Wildman–Crippen LogP) is 4.07. The minimum Gasteiger partial charge on any atom is -0.464 e. The second kappa shape index (κ2) is 8.30. The van der Waals surface area contributed by atoms with Crippen molar-refractivity contribution in [3.05, 3.63) is 56.8 Å². The largest absolute Gasteiger partial charge is 0.464 e. The third-order valence-corrected chi connectivity index (χ3v) is 5.61. The maximum Gasteiger partial charge on any atom is 0.329 e. The zero-order valence-corrected chi connectivity index (χ0v) is 17.7. The molecule has 140 valence electrons. The summed E-state index contributed by atoms with van der Waals surface area (Å²) in [5.41, 5.74) is 1.72. The van der Waals surface area contributed by atoms with E-state index < -0.39 is 23.2 Å². The highest BCUT2D eigenvalue weighted by atomic mass is 127. The summed E-state index contributed by atoms with van der Waals surface area (Å²) in [5, 5.41) is -0.473. The van der Waals surface area contributed by atoms with E-state index in [1.165, 1.54) is 6.92 Å². The number of imide groups is 1. The minimum absolute atomic E-state index is 0.193. The van der Waals surface area contributed by atoms with Crippen molar-refractivity contribution in [3.8, 4) is 5.69 Å². The molecule has 1 atom stereocenters. The molecule has 0 saturated carbocycles. The Balaban J connectivity index is 1.88. The van der Waals surface area contributed by atoms with Crippen LogP contribution >= 0.6 is 34.4 Å². The monoisotopic (exact) mass is 496 g/mol. The fourth-order valence-electron chi connectivity index (χ4n) is 2.66. The predicted molar refractivity (Wildman–Crippen MR) is 112 cm³/mol. The molecule has 1 fully saturated rings. The van der Waals surface area contributed by atoms with Gasteiger partial charge in [0.05, 0.1) is 11.5 Å². The smallest absolute Gasteiger partial charge is 0.329 e. The van der Waals surface area contributed by atoms with Gasteiger partial charge < -0.3 is 9.30 Å². The van der Waals surface area contributed by atoms with Gasteiger partial charge in [-0.25, -0.2) is 4.79 Å². The quantitative estimate of drug-likeness (QED) is 0.355. The Labute approximate surface area is 174 Å². The number of benzene rings is 1. The zero-order chi connectivity index (χ0) is 19.6. The minimum atomic E-state index is -0.952. The Morgan fingerprint density at radius 3 is 2.63 bits per heavy atom. The van der Waals surface area contributed by atoms with Crippen LogP contribution in [0.5, 0.6) is 0 Å². The van der Waals surface area contributed by atoms with Crippen molar-refractivity contribution in [2.75, 3.05) is 6.61 Å². The fourth-order valence-corrected chi connectivity index (χ4v) is 3.92. The van der Waals surface area contributed by atoms with E-state index in [0.29, 0.717) is 0 Å². The SMILES string of the molecule is CCOC(=O)[C@H](C)N1C(=O)S/C(=C/c2cccn2-c2ccc(I)cc2)C1=O. The number of carbonyl (C=O) groups is 3. The summed E-state index contributed by atoms with van der Waals surface area (Å²) in [5.74, 6) is -1.08. The Hall–Kier alpha value is -2.07. The Kier molecular flexibility index (Phi) is 6.05. The normalized spacial score (nSPS) is 16.9. The number of aromatic nitrogens is 1. The molecule has 8 heteroatoms. The molecule has 27 heavy (non-hydrogen) atoms. The highest BCUT2D eigenvalue weighted by molar-refractivity contribution is 14.1. The lowest BCUT2D eigenvalue weighted by atomic mass is 10.2. The van der Waals surface area contributed by atoms with Crippen LogP contribution < -0.4 is 0 Å². The van der Waals surface area contributed by atoms with Crippen LogP contribution in [0.4, 0.5) is 4.79 Å². The molecule has 1 aliphatic rings. The first kappa shape index (κ1) is 19.7. The number of halogens is 1. The maximum atomic E-state index is 12.7. The summed E-state index contributed by atoms with van der Waals surface area (Å²) in [6.45, 7) is 3.36. The summed E-state index contributed by atoms with van der Waals surface area (Å²) >= 11 is 3.06. The molecule has 0 aliphatic carbocycles. The fraction of sp³-hybridized carbons (Fsp3) is 0.211. The van der Waals surface area contributed by atoms with Crippen molar-refractivity contribution in [1.29, 1.82) is 0 Å². The van der Waals surface area contributed by atoms with Gasteiger partial charge in [0.25, 0.3) is 11.1 Å². The number of ether oxygens (including phenoxy) is 1. The van der Waals surface area contributed by atoms with Crippen molar-refractivity contribution < 1.29 is 19.1 Å². The molecule has 1 aliphatic heterocycles. The van der Waals surface area contributed by atoms with E-state index in [9.17, 15) is 14.4 Å². The van der Waals surface area contributed by atoms with Gasteiger partial charge in [-0.3, -0.25) is 14.5 Å². The van der Waals surface area contributed by atoms with Gasteiger partial charge in [0.2, 0.25) is 0 Å². The molecule has 1 aromatic heterocycles. The number of esters is 1.